The molecule has 0 radical (unpaired) electrons. The average molecular weight is 307 g/mol. The van der Waals surface area contributed by atoms with Crippen molar-refractivity contribution in [3.63, 3.8) is 0 Å². The molecule has 0 aliphatic carbocycles. The molecule has 6 nitrogen and oxygen atoms in total. The molecule has 0 unspecified atom stereocenters. The lowest BCUT2D eigenvalue weighted by Crippen LogP contribution is -2.40. The van der Waals surface area contributed by atoms with Crippen molar-refractivity contribution in [2.24, 2.45) is 0 Å². The number of carboxylic acids is 1. The third kappa shape index (κ3) is 5.44. The van der Waals surface area contributed by atoms with E-state index in [1.165, 1.54) is 6.20 Å². The molecule has 1 N–H and O–H groups in total. The molecule has 1 aromatic heterocycles. The van der Waals surface area contributed by atoms with E-state index < -0.39 is 37.6 Å². The molecule has 1 aromatic rings. The number of halogens is 3. The van der Waals surface area contributed by atoms with Crippen LogP contribution in [0.5, 0.6) is 0 Å². The molecule has 0 aliphatic rings. The number of hydrogen-bond donors (Lipinski definition) is 1. The highest BCUT2D eigenvalue weighted by molar-refractivity contribution is 5.95. The molecule has 1 heterocycles. The molecule has 0 bridgehead atoms. The number of carbonyl (C=O) groups is 2. The summed E-state index contributed by atoms with van der Waals surface area (Å²) in [5, 5.41) is 12.5. The van der Waals surface area contributed by atoms with Gasteiger partial charge in [-0.3, -0.25) is 14.3 Å². The Hall–Kier alpha value is -2.06. The van der Waals surface area contributed by atoms with E-state index in [1.807, 2.05) is 0 Å². The number of aliphatic carboxylic acids is 1. The second-order valence-corrected chi connectivity index (χ2v) is 4.78. The van der Waals surface area contributed by atoms with Gasteiger partial charge in [-0.2, -0.15) is 18.3 Å². The van der Waals surface area contributed by atoms with Gasteiger partial charge in [-0.25, -0.2) is 0 Å². The summed E-state index contributed by atoms with van der Waals surface area (Å²) >= 11 is 0. The Morgan fingerprint density at radius 2 is 2.05 bits per heavy atom. The standard InChI is InChI=1S/C12H16F3N3O3/c1-8(2)18(7-10(19)20)11(21)9-5-16-17(6-9)4-3-12(13,14)15/h5-6,8H,3-4,7H2,1-2H3,(H,19,20). The number of hydrogen-bond acceptors (Lipinski definition) is 3. The minimum atomic E-state index is -4.30. The van der Waals surface area contributed by atoms with Crippen LogP contribution in [-0.4, -0.2) is 50.4 Å². The van der Waals surface area contributed by atoms with Crippen LogP contribution in [0.1, 0.15) is 30.6 Å². The molecule has 1 amide bonds. The topological polar surface area (TPSA) is 75.4 Å². The Morgan fingerprint density at radius 3 is 2.52 bits per heavy atom. The Bertz CT molecular complexity index is 511. The minimum absolute atomic E-state index is 0.0622. The average Bonchev–Trinajstić information content (AvgIpc) is 2.80. The molecule has 0 aromatic carbocycles. The zero-order chi connectivity index (χ0) is 16.2. The number of aryl methyl sites for hydroxylation is 1. The second-order valence-electron chi connectivity index (χ2n) is 4.78. The molecule has 0 saturated heterocycles. The first-order valence-electron chi connectivity index (χ1n) is 6.22. The first-order valence-corrected chi connectivity index (χ1v) is 6.22. The second kappa shape index (κ2) is 6.59. The predicted octanol–water partition coefficient (Wildman–Crippen LogP) is 1.77. The lowest BCUT2D eigenvalue weighted by atomic mass is 10.2. The van der Waals surface area contributed by atoms with E-state index in [9.17, 15) is 22.8 Å². The predicted molar refractivity (Wildman–Crippen MR) is 66.7 cm³/mol. The highest BCUT2D eigenvalue weighted by atomic mass is 19.4. The third-order valence-electron chi connectivity index (χ3n) is 2.69. The minimum Gasteiger partial charge on any atom is -0.480 e. The Balaban J connectivity index is 2.78. The quantitative estimate of drug-likeness (QED) is 0.869. The first-order chi connectivity index (χ1) is 9.60. The van der Waals surface area contributed by atoms with Crippen LogP contribution in [0.3, 0.4) is 0 Å². The molecule has 0 saturated carbocycles. The molecule has 1 rings (SSSR count). The van der Waals surface area contributed by atoms with E-state index in [0.717, 1.165) is 15.8 Å². The molecular weight excluding hydrogens is 291 g/mol. The first kappa shape index (κ1) is 17.0. The van der Waals surface area contributed by atoms with Crippen LogP contribution in [0.2, 0.25) is 0 Å². The van der Waals surface area contributed by atoms with Gasteiger partial charge in [0.2, 0.25) is 0 Å². The monoisotopic (exact) mass is 307 g/mol. The van der Waals surface area contributed by atoms with E-state index in [2.05, 4.69) is 5.10 Å². The fourth-order valence-corrected chi connectivity index (χ4v) is 1.64. The summed E-state index contributed by atoms with van der Waals surface area (Å²) in [6.45, 7) is 2.42. The van der Waals surface area contributed by atoms with Crippen LogP contribution in [-0.2, 0) is 11.3 Å². The third-order valence-corrected chi connectivity index (χ3v) is 2.69. The van der Waals surface area contributed by atoms with E-state index in [1.54, 1.807) is 13.8 Å². The van der Waals surface area contributed by atoms with Gasteiger partial charge >= 0.3 is 12.1 Å². The van der Waals surface area contributed by atoms with Crippen molar-refractivity contribution in [2.75, 3.05) is 6.54 Å². The number of alkyl halides is 3. The lowest BCUT2D eigenvalue weighted by molar-refractivity contribution is -0.138. The normalized spacial score (nSPS) is 11.7. The molecule has 21 heavy (non-hydrogen) atoms. The number of carbonyl (C=O) groups excluding carboxylic acids is 1. The van der Waals surface area contributed by atoms with Gasteiger partial charge in [0, 0.05) is 18.8 Å². The van der Waals surface area contributed by atoms with Gasteiger partial charge in [0.05, 0.1) is 18.2 Å². The fourth-order valence-electron chi connectivity index (χ4n) is 1.64. The van der Waals surface area contributed by atoms with Gasteiger partial charge in [0.25, 0.3) is 5.91 Å². The van der Waals surface area contributed by atoms with Gasteiger partial charge in [-0.15, -0.1) is 0 Å². The van der Waals surface area contributed by atoms with Crippen LogP contribution in [0.4, 0.5) is 13.2 Å². The largest absolute Gasteiger partial charge is 0.480 e. The Kier molecular flexibility index (Phi) is 5.34. The SMILES string of the molecule is CC(C)N(CC(=O)O)C(=O)c1cnn(CCC(F)(F)F)c1. The van der Waals surface area contributed by atoms with E-state index >= 15 is 0 Å². The smallest absolute Gasteiger partial charge is 0.390 e. The Morgan fingerprint density at radius 1 is 1.43 bits per heavy atom. The summed E-state index contributed by atoms with van der Waals surface area (Å²) in [5.74, 6) is -1.74. The van der Waals surface area contributed by atoms with Gasteiger partial charge < -0.3 is 10.0 Å². The van der Waals surface area contributed by atoms with Gasteiger partial charge in [-0.05, 0) is 13.8 Å². The van der Waals surface area contributed by atoms with Crippen LogP contribution in [0.25, 0.3) is 0 Å². The zero-order valence-corrected chi connectivity index (χ0v) is 11.6. The summed E-state index contributed by atoms with van der Waals surface area (Å²) in [6.07, 6.45) is -3.03. The van der Waals surface area contributed by atoms with Crippen LogP contribution in [0.15, 0.2) is 12.4 Å². The molecule has 0 spiro atoms. The number of amides is 1. The molecule has 0 atom stereocenters. The summed E-state index contributed by atoms with van der Waals surface area (Å²) in [7, 11) is 0. The maximum Gasteiger partial charge on any atom is 0.390 e. The summed E-state index contributed by atoms with van der Waals surface area (Å²) in [6, 6.07) is -0.355. The van der Waals surface area contributed by atoms with Gasteiger partial charge in [0.15, 0.2) is 0 Å². The van der Waals surface area contributed by atoms with Crippen molar-refractivity contribution in [3.05, 3.63) is 18.0 Å². The highest BCUT2D eigenvalue weighted by Crippen LogP contribution is 2.20. The number of aromatic nitrogens is 2. The molecule has 0 aliphatic heterocycles. The van der Waals surface area contributed by atoms with Gasteiger partial charge in [-0.1, -0.05) is 0 Å². The summed E-state index contributed by atoms with van der Waals surface area (Å²) in [5.41, 5.74) is 0.0622. The highest BCUT2D eigenvalue weighted by Gasteiger charge is 2.27. The van der Waals surface area contributed by atoms with Crippen LogP contribution in [0, 0.1) is 0 Å². The lowest BCUT2D eigenvalue weighted by Gasteiger charge is -2.24. The van der Waals surface area contributed by atoms with Crippen molar-refractivity contribution in [2.45, 2.75) is 39.0 Å². The van der Waals surface area contributed by atoms with Crippen molar-refractivity contribution in [3.8, 4) is 0 Å². The Labute approximate surface area is 119 Å². The number of rotatable bonds is 6. The van der Waals surface area contributed by atoms with E-state index in [-0.39, 0.29) is 11.6 Å². The van der Waals surface area contributed by atoms with Crippen molar-refractivity contribution >= 4 is 11.9 Å². The maximum absolute atomic E-state index is 12.1. The van der Waals surface area contributed by atoms with Gasteiger partial charge in [0.1, 0.15) is 6.54 Å². The molecule has 118 valence electrons. The van der Waals surface area contributed by atoms with Crippen molar-refractivity contribution in [1.82, 2.24) is 14.7 Å². The maximum atomic E-state index is 12.1. The fraction of sp³-hybridized carbons (Fsp3) is 0.583. The zero-order valence-electron chi connectivity index (χ0n) is 11.6. The number of nitrogens with zero attached hydrogens (tertiary/aromatic N) is 3. The molecule has 9 heteroatoms. The van der Waals surface area contributed by atoms with E-state index in [0.29, 0.717) is 0 Å². The van der Waals surface area contributed by atoms with Crippen LogP contribution >= 0.6 is 0 Å². The van der Waals surface area contributed by atoms with Crippen molar-refractivity contribution < 1.29 is 27.9 Å². The van der Waals surface area contributed by atoms with Crippen LogP contribution < -0.4 is 0 Å². The number of carboxylic acid groups (broad SMARTS) is 1. The summed E-state index contributed by atoms with van der Waals surface area (Å²) < 4.78 is 37.3. The van der Waals surface area contributed by atoms with E-state index in [4.69, 9.17) is 5.11 Å². The van der Waals surface area contributed by atoms with Crippen molar-refractivity contribution in [1.29, 1.82) is 0 Å². The molecule has 0 fully saturated rings. The summed E-state index contributed by atoms with van der Waals surface area (Å²) in [4.78, 5) is 24.0. The molecular formula is C12H16F3N3O3.